The maximum Gasteiger partial charge on any atom is 0.193 e. The van der Waals surface area contributed by atoms with Crippen LogP contribution in [0.4, 0.5) is 0 Å². The molecule has 0 bridgehead atoms. The highest BCUT2D eigenvalue weighted by molar-refractivity contribution is 14.0. The lowest BCUT2D eigenvalue weighted by molar-refractivity contribution is 0.0536. The number of hydrogen-bond acceptors (Lipinski definition) is 5. The van der Waals surface area contributed by atoms with E-state index in [0.717, 1.165) is 58.4 Å². The number of halogens is 1. The summed E-state index contributed by atoms with van der Waals surface area (Å²) in [5.74, 6) is 1.65. The summed E-state index contributed by atoms with van der Waals surface area (Å²) in [5, 5.41) is 3.48. The Kier molecular flexibility index (Phi) is 13.6. The van der Waals surface area contributed by atoms with Crippen molar-refractivity contribution in [2.45, 2.75) is 33.2 Å². The molecule has 0 aromatic carbocycles. The number of likely N-dealkylation sites (tertiary alicyclic amines) is 1. The highest BCUT2D eigenvalue weighted by atomic mass is 127. The van der Waals surface area contributed by atoms with Gasteiger partial charge in [-0.15, -0.1) is 24.0 Å². The van der Waals surface area contributed by atoms with Crippen molar-refractivity contribution in [3.05, 3.63) is 0 Å². The summed E-state index contributed by atoms with van der Waals surface area (Å²) in [6.45, 7) is 18.6. The predicted octanol–water partition coefficient (Wildman–Crippen LogP) is 1.58. The Hall–Kier alpha value is -0.160. The summed E-state index contributed by atoms with van der Waals surface area (Å²) in [5.41, 5.74) is 0. The molecule has 0 aliphatic carbocycles. The van der Waals surface area contributed by atoms with Gasteiger partial charge in [-0.25, -0.2) is 0 Å². The average Bonchev–Trinajstić information content (AvgIpc) is 3.17. The van der Waals surface area contributed by atoms with Crippen molar-refractivity contribution in [3.8, 4) is 0 Å². The molecule has 2 aliphatic heterocycles. The zero-order chi connectivity index (χ0) is 19.5. The summed E-state index contributed by atoms with van der Waals surface area (Å²) >= 11 is 0. The molecule has 0 amide bonds. The van der Waals surface area contributed by atoms with Crippen LogP contribution in [0, 0.1) is 5.92 Å². The first-order valence-corrected chi connectivity index (χ1v) is 10.7. The van der Waals surface area contributed by atoms with Crippen molar-refractivity contribution in [2.24, 2.45) is 10.9 Å². The van der Waals surface area contributed by atoms with Gasteiger partial charge in [0, 0.05) is 64.9 Å². The summed E-state index contributed by atoms with van der Waals surface area (Å²) in [4.78, 5) is 12.5. The lowest BCUT2D eigenvalue weighted by atomic mass is 10.1. The number of aliphatic imine (C=N–C) groups is 1. The summed E-state index contributed by atoms with van der Waals surface area (Å²) in [6, 6.07) is 0.494. The first-order chi connectivity index (χ1) is 13.2. The Balaban J connectivity index is 0.00000392. The van der Waals surface area contributed by atoms with E-state index in [1.165, 1.54) is 19.5 Å². The van der Waals surface area contributed by atoms with Crippen LogP contribution < -0.4 is 5.32 Å². The van der Waals surface area contributed by atoms with Crippen LogP contribution in [0.1, 0.15) is 27.2 Å². The van der Waals surface area contributed by atoms with Crippen LogP contribution in [0.2, 0.25) is 0 Å². The summed E-state index contributed by atoms with van der Waals surface area (Å²) in [7, 11) is 1.71. The van der Waals surface area contributed by atoms with Crippen molar-refractivity contribution >= 4 is 29.9 Å². The molecule has 0 spiro atoms. The fraction of sp³-hybridized carbons (Fsp3) is 0.950. The number of ether oxygens (including phenoxy) is 2. The fourth-order valence-corrected chi connectivity index (χ4v) is 3.83. The first-order valence-electron chi connectivity index (χ1n) is 10.7. The number of likely N-dealkylation sites (N-methyl/N-ethyl adjacent to an activating group) is 1. The Bertz CT molecular complexity index is 433. The highest BCUT2D eigenvalue weighted by Gasteiger charge is 2.25. The molecule has 0 radical (unpaired) electrons. The third-order valence-corrected chi connectivity index (χ3v) is 5.69. The van der Waals surface area contributed by atoms with Gasteiger partial charge in [0.2, 0.25) is 0 Å². The summed E-state index contributed by atoms with van der Waals surface area (Å²) in [6.07, 6.45) is 1.17. The molecule has 0 aromatic rings. The van der Waals surface area contributed by atoms with Gasteiger partial charge in [-0.3, -0.25) is 9.89 Å². The number of piperazine rings is 1. The van der Waals surface area contributed by atoms with E-state index in [1.807, 2.05) is 0 Å². The van der Waals surface area contributed by atoms with Crippen molar-refractivity contribution in [1.29, 1.82) is 0 Å². The Labute approximate surface area is 189 Å². The third kappa shape index (κ3) is 8.69. The van der Waals surface area contributed by atoms with Crippen LogP contribution in [0.15, 0.2) is 4.99 Å². The van der Waals surface area contributed by atoms with Crippen molar-refractivity contribution in [2.75, 3.05) is 85.8 Å². The highest BCUT2D eigenvalue weighted by Crippen LogP contribution is 2.17. The summed E-state index contributed by atoms with van der Waals surface area (Å²) < 4.78 is 10.8. The largest absolute Gasteiger partial charge is 0.382 e. The van der Waals surface area contributed by atoms with Gasteiger partial charge in [0.25, 0.3) is 0 Å². The smallest absolute Gasteiger partial charge is 0.193 e. The molecule has 1 N–H and O–H groups in total. The molecular weight excluding hydrogens is 469 g/mol. The molecule has 8 heteroatoms. The molecule has 2 aliphatic rings. The molecule has 2 rings (SSSR count). The Morgan fingerprint density at radius 2 is 1.89 bits per heavy atom. The van der Waals surface area contributed by atoms with E-state index in [4.69, 9.17) is 14.5 Å². The van der Waals surface area contributed by atoms with Crippen molar-refractivity contribution < 1.29 is 9.47 Å². The molecule has 2 fully saturated rings. The number of nitrogens with zero attached hydrogens (tertiary/aromatic N) is 4. The van der Waals surface area contributed by atoms with Crippen LogP contribution >= 0.6 is 24.0 Å². The van der Waals surface area contributed by atoms with E-state index >= 15 is 0 Å². The average molecular weight is 511 g/mol. The van der Waals surface area contributed by atoms with E-state index in [1.54, 1.807) is 7.11 Å². The Morgan fingerprint density at radius 1 is 1.14 bits per heavy atom. The van der Waals surface area contributed by atoms with Gasteiger partial charge < -0.3 is 24.6 Å². The number of hydrogen-bond donors (Lipinski definition) is 1. The molecule has 28 heavy (non-hydrogen) atoms. The molecule has 0 saturated carbocycles. The fourth-order valence-electron chi connectivity index (χ4n) is 3.83. The number of methoxy groups -OCH3 is 1. The monoisotopic (exact) mass is 511 g/mol. The molecular formula is C20H42IN5O2. The third-order valence-electron chi connectivity index (χ3n) is 5.69. The maximum atomic E-state index is 5.72. The minimum absolute atomic E-state index is 0. The van der Waals surface area contributed by atoms with Gasteiger partial charge in [-0.1, -0.05) is 6.92 Å². The van der Waals surface area contributed by atoms with E-state index in [-0.39, 0.29) is 24.0 Å². The predicted molar refractivity (Wildman–Crippen MR) is 127 cm³/mol. The van der Waals surface area contributed by atoms with E-state index in [9.17, 15) is 0 Å². The normalized spacial score (nSPS) is 22.9. The second-order valence-electron chi connectivity index (χ2n) is 7.68. The van der Waals surface area contributed by atoms with Gasteiger partial charge in [0.15, 0.2) is 5.96 Å². The van der Waals surface area contributed by atoms with Gasteiger partial charge in [0.05, 0.1) is 26.4 Å². The minimum atomic E-state index is 0. The molecule has 2 unspecified atom stereocenters. The zero-order valence-electron chi connectivity index (χ0n) is 18.4. The molecule has 7 nitrogen and oxygen atoms in total. The van der Waals surface area contributed by atoms with Gasteiger partial charge in [0.1, 0.15) is 0 Å². The van der Waals surface area contributed by atoms with Crippen LogP contribution in [0.3, 0.4) is 0 Å². The SMILES string of the molecule is CCNC(=NCC(C)N1CCN(CC)CC1)N1CCC(COCCOC)C1.I. The van der Waals surface area contributed by atoms with Gasteiger partial charge in [-0.05, 0) is 26.8 Å². The second-order valence-corrected chi connectivity index (χ2v) is 7.68. The van der Waals surface area contributed by atoms with Crippen LogP contribution in [-0.2, 0) is 9.47 Å². The molecule has 0 aromatic heterocycles. The topological polar surface area (TPSA) is 52.6 Å². The van der Waals surface area contributed by atoms with Gasteiger partial charge in [-0.2, -0.15) is 0 Å². The zero-order valence-corrected chi connectivity index (χ0v) is 20.7. The van der Waals surface area contributed by atoms with Crippen molar-refractivity contribution in [1.82, 2.24) is 20.0 Å². The molecule has 2 saturated heterocycles. The van der Waals surface area contributed by atoms with Crippen LogP contribution in [0.5, 0.6) is 0 Å². The Morgan fingerprint density at radius 3 is 2.54 bits per heavy atom. The van der Waals surface area contributed by atoms with Crippen LogP contribution in [0.25, 0.3) is 0 Å². The molecule has 2 atom stereocenters. The van der Waals surface area contributed by atoms with E-state index in [2.05, 4.69) is 40.8 Å². The van der Waals surface area contributed by atoms with Crippen molar-refractivity contribution in [3.63, 3.8) is 0 Å². The minimum Gasteiger partial charge on any atom is -0.382 e. The number of guanidine groups is 1. The first kappa shape index (κ1) is 25.9. The van der Waals surface area contributed by atoms with Gasteiger partial charge >= 0.3 is 0 Å². The van der Waals surface area contributed by atoms with E-state index in [0.29, 0.717) is 25.2 Å². The number of rotatable bonds is 10. The number of nitrogens with one attached hydrogen (secondary N) is 1. The quantitative estimate of drug-likeness (QED) is 0.208. The lowest BCUT2D eigenvalue weighted by Crippen LogP contribution is -2.50. The van der Waals surface area contributed by atoms with E-state index < -0.39 is 0 Å². The van der Waals surface area contributed by atoms with Crippen LogP contribution in [-0.4, -0.2) is 113 Å². The lowest BCUT2D eigenvalue weighted by Gasteiger charge is -2.37. The molecule has 2 heterocycles. The standard InChI is InChI=1S/C20H41N5O2.HI/c1-5-21-20(25-8-7-19(16-25)17-27-14-13-26-4)22-15-18(3)24-11-9-23(6-2)10-12-24;/h18-19H,5-17H2,1-4H3,(H,21,22);1H. The second kappa shape index (κ2) is 14.8. The molecule has 166 valence electrons. The maximum absolute atomic E-state index is 5.72.